The van der Waals surface area contributed by atoms with Crippen LogP contribution in [0.25, 0.3) is 22.4 Å². The molecule has 0 atom stereocenters. The summed E-state index contributed by atoms with van der Waals surface area (Å²) in [5.41, 5.74) is -3.02. The average Bonchev–Trinajstić information content (AvgIpc) is 3.04. The topological polar surface area (TPSA) is 82.2 Å². The molecule has 0 bridgehead atoms. The Morgan fingerprint density at radius 3 is 2.52 bits per heavy atom. The van der Waals surface area contributed by atoms with Crippen LogP contribution in [0, 0.1) is 0 Å². The predicted octanol–water partition coefficient (Wildman–Crippen LogP) is 5.36. The lowest BCUT2D eigenvalue weighted by Gasteiger charge is -2.16. The summed E-state index contributed by atoms with van der Waals surface area (Å²) in [6.07, 6.45) is -6.67. The molecular weight excluding hydrogens is 467 g/mol. The van der Waals surface area contributed by atoms with Crippen LogP contribution in [-0.2, 0) is 17.6 Å². The molecule has 0 saturated carbocycles. The molecule has 3 rings (SSSR count). The van der Waals surface area contributed by atoms with Crippen LogP contribution in [0.1, 0.15) is 17.7 Å². The maximum absolute atomic E-state index is 13.7. The summed E-state index contributed by atoms with van der Waals surface area (Å²) in [4.78, 5) is 20.2. The first kappa shape index (κ1) is 24.8. The zero-order valence-corrected chi connectivity index (χ0v) is 19.4. The summed E-state index contributed by atoms with van der Waals surface area (Å²) < 4.78 is 79.3. The number of nitrogens with zero attached hydrogens (tertiary/aromatic N) is 3. The van der Waals surface area contributed by atoms with Gasteiger partial charge >= 0.3 is 11.9 Å². The summed E-state index contributed by atoms with van der Waals surface area (Å²) >= 11 is 0. The molecule has 3 aromatic rings. The zero-order valence-electron chi connectivity index (χ0n) is 18.4. The van der Waals surface area contributed by atoms with Crippen LogP contribution in [0.15, 0.2) is 27.5 Å². The van der Waals surface area contributed by atoms with Gasteiger partial charge in [0.1, 0.15) is 17.9 Å². The number of fused-ring (bicyclic) bond motifs is 1. The van der Waals surface area contributed by atoms with E-state index in [-0.39, 0.29) is 23.7 Å². The molecular formula is C20H23F5N4O3Si. The fourth-order valence-corrected chi connectivity index (χ4v) is 3.89. The molecule has 0 aliphatic rings. The third-order valence-electron chi connectivity index (χ3n) is 4.85. The molecule has 0 spiro atoms. The van der Waals surface area contributed by atoms with Crippen molar-refractivity contribution >= 4 is 25.0 Å². The van der Waals surface area contributed by atoms with Crippen molar-refractivity contribution in [1.82, 2.24) is 14.5 Å². The Kier molecular flexibility index (Phi) is 6.93. The van der Waals surface area contributed by atoms with Crippen LogP contribution >= 0.6 is 0 Å². The number of nitrogens with one attached hydrogen (secondary N) is 1. The molecule has 33 heavy (non-hydrogen) atoms. The Labute approximate surface area is 186 Å². The van der Waals surface area contributed by atoms with Gasteiger partial charge < -0.3 is 14.5 Å². The monoisotopic (exact) mass is 490 g/mol. The predicted molar refractivity (Wildman–Crippen MR) is 115 cm³/mol. The van der Waals surface area contributed by atoms with E-state index in [1.165, 1.54) is 7.05 Å². The molecule has 0 radical (unpaired) electrons. The highest BCUT2D eigenvalue weighted by atomic mass is 28.3. The lowest BCUT2D eigenvalue weighted by molar-refractivity contribution is -0.136. The molecule has 13 heteroatoms. The minimum Gasteiger partial charge on any atom is -0.407 e. The number of hydrogen-bond acceptors (Lipinski definition) is 6. The second kappa shape index (κ2) is 9.21. The lowest BCUT2D eigenvalue weighted by atomic mass is 10.1. The summed E-state index contributed by atoms with van der Waals surface area (Å²) in [5, 5.41) is 2.48. The van der Waals surface area contributed by atoms with Crippen molar-refractivity contribution in [2.45, 2.75) is 45.0 Å². The van der Waals surface area contributed by atoms with Crippen molar-refractivity contribution < 1.29 is 31.1 Å². The number of alkyl halides is 5. The molecule has 1 aromatic carbocycles. The van der Waals surface area contributed by atoms with E-state index in [0.717, 1.165) is 28.9 Å². The number of oxazole rings is 1. The minimum absolute atomic E-state index is 0.0759. The third-order valence-corrected chi connectivity index (χ3v) is 6.56. The molecule has 2 heterocycles. The number of hydrogen-bond donors (Lipinski definition) is 1. The molecule has 0 fully saturated rings. The van der Waals surface area contributed by atoms with Gasteiger partial charge in [-0.2, -0.15) is 13.2 Å². The maximum Gasteiger partial charge on any atom is 0.421 e. The zero-order chi connectivity index (χ0) is 24.6. The van der Waals surface area contributed by atoms with Crippen LogP contribution in [0.2, 0.25) is 25.7 Å². The van der Waals surface area contributed by atoms with Gasteiger partial charge in [-0.3, -0.25) is 0 Å². The quantitative estimate of drug-likeness (QED) is 0.260. The summed E-state index contributed by atoms with van der Waals surface area (Å²) in [7, 11) is -0.0784. The van der Waals surface area contributed by atoms with Gasteiger partial charge in [-0.05, 0) is 18.2 Å². The molecule has 0 saturated heterocycles. The first-order valence-electron chi connectivity index (χ1n) is 9.98. The van der Waals surface area contributed by atoms with E-state index in [1.807, 2.05) is 0 Å². The minimum atomic E-state index is -4.80. The first-order chi connectivity index (χ1) is 15.3. The van der Waals surface area contributed by atoms with Crippen molar-refractivity contribution in [3.63, 3.8) is 0 Å². The molecule has 180 valence electrons. The second-order valence-corrected chi connectivity index (χ2v) is 14.1. The van der Waals surface area contributed by atoms with Gasteiger partial charge in [0.15, 0.2) is 11.4 Å². The molecule has 2 aromatic heterocycles. The normalized spacial score (nSPS) is 12.7. The Morgan fingerprint density at radius 2 is 1.94 bits per heavy atom. The lowest BCUT2D eigenvalue weighted by Crippen LogP contribution is -2.23. The van der Waals surface area contributed by atoms with Gasteiger partial charge in [0.2, 0.25) is 0 Å². The van der Waals surface area contributed by atoms with E-state index in [2.05, 4.69) is 34.9 Å². The van der Waals surface area contributed by atoms with Gasteiger partial charge in [0.05, 0.1) is 17.5 Å². The Morgan fingerprint density at radius 1 is 1.24 bits per heavy atom. The number of ether oxygens (including phenoxy) is 1. The number of halogens is 5. The Bertz CT molecular complexity index is 1200. The number of aromatic nitrogens is 3. The van der Waals surface area contributed by atoms with Crippen LogP contribution in [0.5, 0.6) is 0 Å². The van der Waals surface area contributed by atoms with Crippen molar-refractivity contribution in [3.8, 4) is 11.3 Å². The SMILES string of the molecule is CNc1ncc(-c2ccc(C(F)(F)F)c3c2oc(=O)n3COCC[Si](C)(C)C)nc1C(F)F. The van der Waals surface area contributed by atoms with Crippen LogP contribution in [0.3, 0.4) is 0 Å². The summed E-state index contributed by atoms with van der Waals surface area (Å²) in [6.45, 7) is 6.15. The Hall–Kier alpha value is -2.80. The number of benzene rings is 1. The molecule has 0 amide bonds. The van der Waals surface area contributed by atoms with Crippen molar-refractivity contribution in [1.29, 1.82) is 0 Å². The van der Waals surface area contributed by atoms with E-state index in [4.69, 9.17) is 9.15 Å². The van der Waals surface area contributed by atoms with Gasteiger partial charge in [-0.1, -0.05) is 19.6 Å². The van der Waals surface area contributed by atoms with Crippen LogP contribution in [-0.4, -0.2) is 36.3 Å². The van der Waals surface area contributed by atoms with Crippen molar-refractivity contribution in [3.05, 3.63) is 40.1 Å². The van der Waals surface area contributed by atoms with Crippen molar-refractivity contribution in [2.24, 2.45) is 0 Å². The smallest absolute Gasteiger partial charge is 0.407 e. The van der Waals surface area contributed by atoms with Crippen LogP contribution < -0.4 is 11.1 Å². The van der Waals surface area contributed by atoms with E-state index in [9.17, 15) is 26.7 Å². The maximum atomic E-state index is 13.7. The summed E-state index contributed by atoms with van der Waals surface area (Å²) in [6, 6.07) is 2.52. The second-order valence-electron chi connectivity index (χ2n) is 8.52. The highest BCUT2D eigenvalue weighted by molar-refractivity contribution is 6.76. The fourth-order valence-electron chi connectivity index (χ4n) is 3.14. The molecule has 0 aliphatic carbocycles. The van der Waals surface area contributed by atoms with Crippen molar-refractivity contribution in [2.75, 3.05) is 19.0 Å². The van der Waals surface area contributed by atoms with Gasteiger partial charge in [0.25, 0.3) is 6.43 Å². The van der Waals surface area contributed by atoms with E-state index in [1.54, 1.807) is 0 Å². The van der Waals surface area contributed by atoms with E-state index in [0.29, 0.717) is 0 Å². The van der Waals surface area contributed by atoms with Gasteiger partial charge in [-0.15, -0.1) is 0 Å². The largest absolute Gasteiger partial charge is 0.421 e. The third kappa shape index (κ3) is 5.41. The van der Waals surface area contributed by atoms with E-state index >= 15 is 0 Å². The molecule has 0 unspecified atom stereocenters. The average molecular weight is 491 g/mol. The molecule has 0 aliphatic heterocycles. The fraction of sp³-hybridized carbons (Fsp3) is 0.450. The first-order valence-corrected chi connectivity index (χ1v) is 13.7. The van der Waals surface area contributed by atoms with Gasteiger partial charge in [0, 0.05) is 27.3 Å². The van der Waals surface area contributed by atoms with Crippen LogP contribution in [0.4, 0.5) is 27.8 Å². The standard InChI is InChI=1S/C20H23F5N4O3Si/c1-26-18-14(17(21)22)28-13(9-27-18)11-5-6-12(20(23,24)25)15-16(11)32-19(30)29(15)10-31-7-8-33(2,3)4/h5-6,9,17H,7-8,10H2,1-4H3,(H,26,27). The highest BCUT2D eigenvalue weighted by Gasteiger charge is 2.36. The number of rotatable bonds is 8. The molecule has 1 N–H and O–H groups in total. The summed E-state index contributed by atoms with van der Waals surface area (Å²) in [5.74, 6) is -1.24. The van der Waals surface area contributed by atoms with E-state index < -0.39 is 55.5 Å². The number of anilines is 1. The highest BCUT2D eigenvalue weighted by Crippen LogP contribution is 2.39. The van der Waals surface area contributed by atoms with Gasteiger partial charge in [-0.25, -0.2) is 28.1 Å². The molecule has 7 nitrogen and oxygen atoms in total. The Balaban J connectivity index is 2.15.